The van der Waals surface area contributed by atoms with Crippen molar-refractivity contribution in [2.75, 3.05) is 13.2 Å². The number of ether oxygens (including phenoxy) is 1. The maximum Gasteiger partial charge on any atom is 0.0898 e. The lowest BCUT2D eigenvalue weighted by Crippen LogP contribution is -2.33. The Labute approximate surface area is 145 Å². The van der Waals surface area contributed by atoms with Crippen molar-refractivity contribution in [1.29, 1.82) is 0 Å². The Hall–Kier alpha value is -1.68. The van der Waals surface area contributed by atoms with E-state index in [0.29, 0.717) is 13.2 Å². The number of benzene rings is 2. The molecular weight excluding hydrogens is 298 g/mol. The highest BCUT2D eigenvalue weighted by molar-refractivity contribution is 5.24. The summed E-state index contributed by atoms with van der Waals surface area (Å²) in [6.07, 6.45) is 0.451. The van der Waals surface area contributed by atoms with Crippen LogP contribution in [0.4, 0.5) is 0 Å². The summed E-state index contributed by atoms with van der Waals surface area (Å²) in [5, 5.41) is 13.6. The van der Waals surface area contributed by atoms with E-state index in [-0.39, 0.29) is 12.1 Å². The summed E-state index contributed by atoms with van der Waals surface area (Å²) in [4.78, 5) is 0. The van der Waals surface area contributed by atoms with Gasteiger partial charge < -0.3 is 15.2 Å². The van der Waals surface area contributed by atoms with Crippen LogP contribution in [0.5, 0.6) is 0 Å². The Kier molecular flexibility index (Phi) is 7.44. The van der Waals surface area contributed by atoms with Gasteiger partial charge in [0.25, 0.3) is 0 Å². The first-order valence-corrected chi connectivity index (χ1v) is 8.74. The molecule has 3 heteroatoms. The van der Waals surface area contributed by atoms with E-state index in [9.17, 15) is 5.11 Å². The van der Waals surface area contributed by atoms with Gasteiger partial charge in [-0.2, -0.15) is 0 Å². The second-order valence-electron chi connectivity index (χ2n) is 6.32. The monoisotopic (exact) mass is 327 g/mol. The third-order valence-electron chi connectivity index (χ3n) is 4.30. The maximum absolute atomic E-state index is 10.2. The summed E-state index contributed by atoms with van der Waals surface area (Å²) in [7, 11) is 0. The van der Waals surface area contributed by atoms with Crippen LogP contribution in [0.3, 0.4) is 0 Å². The van der Waals surface area contributed by atoms with E-state index in [0.717, 1.165) is 12.0 Å². The second-order valence-corrected chi connectivity index (χ2v) is 6.32. The number of aliphatic hydroxyl groups excluding tert-OH is 1. The molecule has 0 aliphatic rings. The molecule has 2 aromatic carbocycles. The molecule has 2 rings (SSSR count). The van der Waals surface area contributed by atoms with Crippen LogP contribution < -0.4 is 5.32 Å². The van der Waals surface area contributed by atoms with E-state index < -0.39 is 6.10 Å². The van der Waals surface area contributed by atoms with Crippen molar-refractivity contribution in [3.63, 3.8) is 0 Å². The molecule has 3 unspecified atom stereocenters. The molecule has 0 fully saturated rings. The topological polar surface area (TPSA) is 41.5 Å². The maximum atomic E-state index is 10.2. The van der Waals surface area contributed by atoms with E-state index >= 15 is 0 Å². The van der Waals surface area contributed by atoms with Gasteiger partial charge in [0.1, 0.15) is 0 Å². The standard InChI is InChI=1S/C21H29NO2/c1-4-21(19-12-10-16(2)11-13-19)22-14-20(23)15-24-17(3)18-8-6-5-7-9-18/h5-13,17,20-23H,4,14-15H2,1-3H3. The quantitative estimate of drug-likeness (QED) is 0.726. The average molecular weight is 327 g/mol. The Balaban J connectivity index is 1.77. The van der Waals surface area contributed by atoms with E-state index in [1.165, 1.54) is 11.1 Å². The Bertz CT molecular complexity index is 583. The minimum atomic E-state index is -0.518. The van der Waals surface area contributed by atoms with Gasteiger partial charge in [-0.05, 0) is 31.4 Å². The number of hydrogen-bond donors (Lipinski definition) is 2. The predicted octanol–water partition coefficient (Wildman–Crippen LogP) is 4.17. The number of nitrogens with one attached hydrogen (secondary N) is 1. The lowest BCUT2D eigenvalue weighted by molar-refractivity contribution is -0.00296. The number of hydrogen-bond acceptors (Lipinski definition) is 3. The van der Waals surface area contributed by atoms with Crippen LogP contribution in [-0.2, 0) is 4.74 Å². The van der Waals surface area contributed by atoms with Crippen molar-refractivity contribution in [2.45, 2.75) is 45.4 Å². The summed E-state index contributed by atoms with van der Waals surface area (Å²) in [5.41, 5.74) is 3.65. The van der Waals surface area contributed by atoms with Crippen LogP contribution in [0.2, 0.25) is 0 Å². The molecule has 0 amide bonds. The van der Waals surface area contributed by atoms with Crippen LogP contribution in [0.25, 0.3) is 0 Å². The predicted molar refractivity (Wildman–Crippen MR) is 99.0 cm³/mol. The highest BCUT2D eigenvalue weighted by Gasteiger charge is 2.13. The molecule has 0 saturated heterocycles. The van der Waals surface area contributed by atoms with Crippen LogP contribution in [-0.4, -0.2) is 24.4 Å². The summed E-state index contributed by atoms with van der Waals surface area (Å²) >= 11 is 0. The summed E-state index contributed by atoms with van der Waals surface area (Å²) in [6.45, 7) is 7.10. The fourth-order valence-corrected chi connectivity index (χ4v) is 2.71. The molecule has 2 aromatic rings. The minimum Gasteiger partial charge on any atom is -0.389 e. The summed E-state index contributed by atoms with van der Waals surface area (Å²) in [5.74, 6) is 0. The molecule has 2 N–H and O–H groups in total. The van der Waals surface area contributed by atoms with Gasteiger partial charge in [-0.3, -0.25) is 0 Å². The van der Waals surface area contributed by atoms with Crippen LogP contribution in [0.1, 0.15) is 49.1 Å². The van der Waals surface area contributed by atoms with E-state index in [1.54, 1.807) is 0 Å². The Morgan fingerprint density at radius 3 is 2.29 bits per heavy atom. The van der Waals surface area contributed by atoms with Crippen LogP contribution >= 0.6 is 0 Å². The molecule has 0 aliphatic carbocycles. The molecule has 0 bridgehead atoms. The minimum absolute atomic E-state index is 0.0140. The molecule has 0 aromatic heterocycles. The fraction of sp³-hybridized carbons (Fsp3) is 0.429. The molecular formula is C21H29NO2. The van der Waals surface area contributed by atoms with Gasteiger partial charge in [0, 0.05) is 12.6 Å². The van der Waals surface area contributed by atoms with Crippen molar-refractivity contribution in [1.82, 2.24) is 5.32 Å². The third kappa shape index (κ3) is 5.75. The number of aliphatic hydroxyl groups is 1. The molecule has 0 spiro atoms. The number of aryl methyl sites for hydroxylation is 1. The smallest absolute Gasteiger partial charge is 0.0898 e. The third-order valence-corrected chi connectivity index (χ3v) is 4.30. The largest absolute Gasteiger partial charge is 0.389 e. The molecule has 3 nitrogen and oxygen atoms in total. The van der Waals surface area contributed by atoms with Gasteiger partial charge in [-0.25, -0.2) is 0 Å². The van der Waals surface area contributed by atoms with Gasteiger partial charge in [0.15, 0.2) is 0 Å². The van der Waals surface area contributed by atoms with Crippen LogP contribution in [0.15, 0.2) is 54.6 Å². The van der Waals surface area contributed by atoms with Crippen molar-refractivity contribution < 1.29 is 9.84 Å². The zero-order chi connectivity index (χ0) is 17.4. The second kappa shape index (κ2) is 9.58. The normalized spacial score (nSPS) is 15.0. The highest BCUT2D eigenvalue weighted by Crippen LogP contribution is 2.18. The van der Waals surface area contributed by atoms with E-state index in [4.69, 9.17) is 4.74 Å². The Morgan fingerprint density at radius 2 is 1.67 bits per heavy atom. The first-order valence-electron chi connectivity index (χ1n) is 8.74. The first kappa shape index (κ1) is 18.7. The molecule has 0 heterocycles. The first-order chi connectivity index (χ1) is 11.6. The van der Waals surface area contributed by atoms with E-state index in [2.05, 4.69) is 43.4 Å². The molecule has 0 radical (unpaired) electrons. The molecule has 130 valence electrons. The lowest BCUT2D eigenvalue weighted by Gasteiger charge is -2.21. The summed E-state index contributed by atoms with van der Waals surface area (Å²) in [6, 6.07) is 18.9. The van der Waals surface area contributed by atoms with E-state index in [1.807, 2.05) is 37.3 Å². The van der Waals surface area contributed by atoms with Crippen molar-refractivity contribution in [2.24, 2.45) is 0 Å². The fourth-order valence-electron chi connectivity index (χ4n) is 2.71. The van der Waals surface area contributed by atoms with Gasteiger partial charge in [0.2, 0.25) is 0 Å². The lowest BCUT2D eigenvalue weighted by atomic mass is 10.0. The summed E-state index contributed by atoms with van der Waals surface area (Å²) < 4.78 is 5.79. The van der Waals surface area contributed by atoms with Gasteiger partial charge >= 0.3 is 0 Å². The molecule has 0 aliphatic heterocycles. The van der Waals surface area contributed by atoms with Crippen molar-refractivity contribution in [3.8, 4) is 0 Å². The Morgan fingerprint density at radius 1 is 1.00 bits per heavy atom. The van der Waals surface area contributed by atoms with Crippen LogP contribution in [0, 0.1) is 6.92 Å². The molecule has 0 saturated carbocycles. The molecule has 24 heavy (non-hydrogen) atoms. The van der Waals surface area contributed by atoms with Crippen molar-refractivity contribution in [3.05, 3.63) is 71.3 Å². The number of rotatable bonds is 9. The zero-order valence-corrected chi connectivity index (χ0v) is 14.9. The molecule has 3 atom stereocenters. The SMILES string of the molecule is CCC(NCC(O)COC(C)c1ccccc1)c1ccc(C)cc1. The van der Waals surface area contributed by atoms with Gasteiger partial charge in [-0.15, -0.1) is 0 Å². The van der Waals surface area contributed by atoms with Gasteiger partial charge in [-0.1, -0.05) is 67.1 Å². The van der Waals surface area contributed by atoms with Crippen molar-refractivity contribution >= 4 is 0 Å². The average Bonchev–Trinajstić information content (AvgIpc) is 2.62. The zero-order valence-electron chi connectivity index (χ0n) is 14.9. The van der Waals surface area contributed by atoms with Gasteiger partial charge in [0.05, 0.1) is 18.8 Å². The highest BCUT2D eigenvalue weighted by atomic mass is 16.5.